The third-order valence-corrected chi connectivity index (χ3v) is 8.48. The number of likely N-dealkylation sites (N-methyl/N-ethyl adjacent to an activating group) is 1. The van der Waals surface area contributed by atoms with Crippen molar-refractivity contribution < 1.29 is 18.0 Å². The standard InChI is InChI=1S/C22H32N4O4S/c1-2-24-12-14-26(15-13-24)31(29,30)20-9-7-19(8-10-20)23-21(27)18-4-3-11-25(16-18)22(28)17-5-6-17/h7-10,17-18H,2-6,11-16H2,1H3,(H,23,27). The Morgan fingerprint density at radius 1 is 0.968 bits per heavy atom. The Kier molecular flexibility index (Phi) is 6.64. The molecule has 0 aromatic heterocycles. The number of likely N-dealkylation sites (tertiary alicyclic amines) is 1. The largest absolute Gasteiger partial charge is 0.342 e. The molecule has 1 N–H and O–H groups in total. The minimum Gasteiger partial charge on any atom is -0.342 e. The summed E-state index contributed by atoms with van der Waals surface area (Å²) in [5.74, 6) is 0.0161. The van der Waals surface area contributed by atoms with Gasteiger partial charge < -0.3 is 15.1 Å². The van der Waals surface area contributed by atoms with Crippen molar-refractivity contribution in [1.82, 2.24) is 14.1 Å². The molecule has 1 aromatic rings. The number of benzene rings is 1. The van der Waals surface area contributed by atoms with Gasteiger partial charge in [-0.25, -0.2) is 8.42 Å². The maximum absolute atomic E-state index is 12.9. The fourth-order valence-corrected chi connectivity index (χ4v) is 5.79. The Bertz CT molecular complexity index is 906. The van der Waals surface area contributed by atoms with Crippen LogP contribution in [0.3, 0.4) is 0 Å². The van der Waals surface area contributed by atoms with Crippen LogP contribution in [0.1, 0.15) is 32.6 Å². The van der Waals surface area contributed by atoms with Crippen molar-refractivity contribution in [3.8, 4) is 0 Å². The molecule has 2 saturated heterocycles. The number of nitrogens with one attached hydrogen (secondary N) is 1. The van der Waals surface area contributed by atoms with Gasteiger partial charge in [0.1, 0.15) is 0 Å². The van der Waals surface area contributed by atoms with Crippen molar-refractivity contribution in [3.63, 3.8) is 0 Å². The molecule has 31 heavy (non-hydrogen) atoms. The molecule has 9 heteroatoms. The minimum absolute atomic E-state index is 0.111. The highest BCUT2D eigenvalue weighted by Crippen LogP contribution is 2.32. The summed E-state index contributed by atoms with van der Waals surface area (Å²) >= 11 is 0. The lowest BCUT2D eigenvalue weighted by Gasteiger charge is -2.33. The first-order valence-electron chi connectivity index (χ1n) is 11.3. The first kappa shape index (κ1) is 22.2. The molecule has 0 radical (unpaired) electrons. The van der Waals surface area contributed by atoms with Gasteiger partial charge in [-0.15, -0.1) is 0 Å². The molecule has 3 aliphatic rings. The first-order chi connectivity index (χ1) is 14.9. The number of piperidine rings is 1. The third-order valence-electron chi connectivity index (χ3n) is 6.57. The Labute approximate surface area is 184 Å². The lowest BCUT2D eigenvalue weighted by Crippen LogP contribution is -2.48. The highest BCUT2D eigenvalue weighted by Gasteiger charge is 2.36. The van der Waals surface area contributed by atoms with E-state index in [1.807, 2.05) is 4.90 Å². The Morgan fingerprint density at radius 3 is 2.26 bits per heavy atom. The number of hydrogen-bond acceptors (Lipinski definition) is 5. The van der Waals surface area contributed by atoms with E-state index in [4.69, 9.17) is 0 Å². The van der Waals surface area contributed by atoms with E-state index in [2.05, 4.69) is 17.1 Å². The topological polar surface area (TPSA) is 90.0 Å². The van der Waals surface area contributed by atoms with Gasteiger partial charge in [0, 0.05) is 50.9 Å². The summed E-state index contributed by atoms with van der Waals surface area (Å²) in [7, 11) is -3.53. The lowest BCUT2D eigenvalue weighted by atomic mass is 9.96. The molecule has 2 heterocycles. The van der Waals surface area contributed by atoms with Crippen LogP contribution in [0, 0.1) is 11.8 Å². The van der Waals surface area contributed by atoms with Gasteiger partial charge in [0.05, 0.1) is 10.8 Å². The van der Waals surface area contributed by atoms with Crippen molar-refractivity contribution in [2.45, 2.75) is 37.5 Å². The molecule has 4 rings (SSSR count). The van der Waals surface area contributed by atoms with Crippen LogP contribution >= 0.6 is 0 Å². The van der Waals surface area contributed by atoms with Crippen molar-refractivity contribution in [1.29, 1.82) is 0 Å². The summed E-state index contributed by atoms with van der Waals surface area (Å²) in [6, 6.07) is 6.40. The van der Waals surface area contributed by atoms with Crippen molar-refractivity contribution >= 4 is 27.5 Å². The van der Waals surface area contributed by atoms with Gasteiger partial charge in [0.2, 0.25) is 21.8 Å². The summed E-state index contributed by atoms with van der Waals surface area (Å²) in [6.45, 7) is 6.67. The number of carbonyl (C=O) groups is 2. The molecule has 1 unspecified atom stereocenters. The summed E-state index contributed by atoms with van der Waals surface area (Å²) in [4.78, 5) is 29.4. The van der Waals surface area contributed by atoms with Crippen LogP contribution in [0.25, 0.3) is 0 Å². The van der Waals surface area contributed by atoms with Gasteiger partial charge >= 0.3 is 0 Å². The smallest absolute Gasteiger partial charge is 0.243 e. The Hall–Kier alpha value is -1.97. The van der Waals surface area contributed by atoms with Gasteiger partial charge in [-0.1, -0.05) is 6.92 Å². The first-order valence-corrected chi connectivity index (χ1v) is 12.7. The molecule has 2 amide bonds. The summed E-state index contributed by atoms with van der Waals surface area (Å²) < 4.78 is 27.3. The Balaban J connectivity index is 1.34. The molecule has 1 saturated carbocycles. The van der Waals surface area contributed by atoms with Crippen LogP contribution in [0.5, 0.6) is 0 Å². The van der Waals surface area contributed by atoms with E-state index in [-0.39, 0.29) is 28.5 Å². The van der Waals surface area contributed by atoms with E-state index < -0.39 is 10.0 Å². The average molecular weight is 449 g/mol. The van der Waals surface area contributed by atoms with Crippen molar-refractivity contribution in [3.05, 3.63) is 24.3 Å². The van der Waals surface area contributed by atoms with E-state index in [1.54, 1.807) is 24.3 Å². The second kappa shape index (κ2) is 9.26. The highest BCUT2D eigenvalue weighted by atomic mass is 32.2. The van der Waals surface area contributed by atoms with Gasteiger partial charge in [-0.05, 0) is 56.5 Å². The zero-order valence-corrected chi connectivity index (χ0v) is 18.9. The Morgan fingerprint density at radius 2 is 1.65 bits per heavy atom. The molecule has 8 nitrogen and oxygen atoms in total. The number of amides is 2. The van der Waals surface area contributed by atoms with E-state index >= 15 is 0 Å². The summed E-state index contributed by atoms with van der Waals surface area (Å²) in [5.41, 5.74) is 0.574. The number of carbonyl (C=O) groups excluding carboxylic acids is 2. The number of piperazine rings is 1. The lowest BCUT2D eigenvalue weighted by molar-refractivity contribution is -0.135. The van der Waals surface area contributed by atoms with Crippen LogP contribution < -0.4 is 5.32 Å². The molecule has 1 aliphatic carbocycles. The van der Waals surface area contributed by atoms with E-state index in [9.17, 15) is 18.0 Å². The number of sulfonamides is 1. The van der Waals surface area contributed by atoms with E-state index in [1.165, 1.54) is 4.31 Å². The average Bonchev–Trinajstić information content (AvgIpc) is 3.64. The van der Waals surface area contributed by atoms with E-state index in [0.717, 1.165) is 51.9 Å². The molecule has 2 aliphatic heterocycles. The second-order valence-corrected chi connectivity index (χ2v) is 10.7. The van der Waals surface area contributed by atoms with Crippen LogP contribution in [0.4, 0.5) is 5.69 Å². The van der Waals surface area contributed by atoms with Crippen LogP contribution in [0.15, 0.2) is 29.2 Å². The molecule has 0 bridgehead atoms. The van der Waals surface area contributed by atoms with Gasteiger partial charge in [0.25, 0.3) is 0 Å². The predicted molar refractivity (Wildman–Crippen MR) is 118 cm³/mol. The monoisotopic (exact) mass is 448 g/mol. The van der Waals surface area contributed by atoms with Crippen molar-refractivity contribution in [2.24, 2.45) is 11.8 Å². The van der Waals surface area contributed by atoms with Crippen LogP contribution in [-0.4, -0.2) is 80.2 Å². The second-order valence-electron chi connectivity index (χ2n) is 8.75. The van der Waals surface area contributed by atoms with Gasteiger partial charge in [0.15, 0.2) is 0 Å². The third kappa shape index (κ3) is 5.10. The molecule has 1 atom stereocenters. The van der Waals surface area contributed by atoms with Crippen LogP contribution in [0.2, 0.25) is 0 Å². The molecule has 1 aromatic carbocycles. The molecule has 3 fully saturated rings. The van der Waals surface area contributed by atoms with Crippen molar-refractivity contribution in [2.75, 3.05) is 51.1 Å². The summed E-state index contributed by atoms with van der Waals surface area (Å²) in [5, 5.41) is 2.90. The molecular weight excluding hydrogens is 416 g/mol. The highest BCUT2D eigenvalue weighted by molar-refractivity contribution is 7.89. The fraction of sp³-hybridized carbons (Fsp3) is 0.636. The minimum atomic E-state index is -3.53. The zero-order chi connectivity index (χ0) is 22.0. The van der Waals surface area contributed by atoms with Gasteiger partial charge in [-0.2, -0.15) is 4.31 Å². The SMILES string of the molecule is CCN1CCN(S(=O)(=O)c2ccc(NC(=O)C3CCCN(C(=O)C4CC4)C3)cc2)CC1. The maximum atomic E-state index is 12.9. The summed E-state index contributed by atoms with van der Waals surface area (Å²) in [6.07, 6.45) is 3.53. The van der Waals surface area contributed by atoms with Gasteiger partial charge in [-0.3, -0.25) is 9.59 Å². The fourth-order valence-electron chi connectivity index (χ4n) is 4.37. The molecular formula is C22H32N4O4S. The normalized spacial score (nSPS) is 23.5. The molecule has 170 valence electrons. The van der Waals surface area contributed by atoms with E-state index in [0.29, 0.717) is 25.3 Å². The number of nitrogens with zero attached hydrogens (tertiary/aromatic N) is 3. The maximum Gasteiger partial charge on any atom is 0.243 e. The molecule has 0 spiro atoms. The number of anilines is 1. The quantitative estimate of drug-likeness (QED) is 0.714. The predicted octanol–water partition coefficient (Wildman–Crippen LogP) is 1.60. The zero-order valence-electron chi connectivity index (χ0n) is 18.1. The number of hydrogen-bond donors (Lipinski definition) is 1. The number of rotatable bonds is 6. The van der Waals surface area contributed by atoms with Crippen LogP contribution in [-0.2, 0) is 19.6 Å².